The molecule has 0 radical (unpaired) electrons. The van der Waals surface area contributed by atoms with E-state index in [2.05, 4.69) is 82.5 Å². The predicted octanol–water partition coefficient (Wildman–Crippen LogP) is 4.34. The minimum Gasteiger partial charge on any atom is -0.404 e. The second-order valence-electron chi connectivity index (χ2n) is 10.1. The van der Waals surface area contributed by atoms with E-state index in [9.17, 15) is 15.3 Å². The van der Waals surface area contributed by atoms with Crippen molar-refractivity contribution in [2.24, 2.45) is 0 Å². The first-order chi connectivity index (χ1) is 16.1. The van der Waals surface area contributed by atoms with Crippen LogP contribution in [0.1, 0.15) is 52.9 Å². The smallest absolute Gasteiger partial charge is 0.261 e. The Morgan fingerprint density at radius 1 is 0.735 bits per heavy atom. The monoisotopic (exact) mass is 482 g/mol. The lowest BCUT2D eigenvalue weighted by molar-refractivity contribution is 0.0225. The van der Waals surface area contributed by atoms with Gasteiger partial charge in [0, 0.05) is 0 Å². The van der Waals surface area contributed by atoms with E-state index in [1.165, 1.54) is 10.4 Å². The molecule has 4 atom stereocenters. The minimum atomic E-state index is -2.77. The number of rotatable bonds is 14. The van der Waals surface area contributed by atoms with E-state index in [0.717, 1.165) is 0 Å². The molecule has 4 nitrogen and oxygen atoms in total. The predicted molar refractivity (Wildman–Crippen MR) is 144 cm³/mol. The van der Waals surface area contributed by atoms with Crippen molar-refractivity contribution in [3.05, 3.63) is 86.0 Å². The summed E-state index contributed by atoms with van der Waals surface area (Å²) in [6, 6.07) is 20.8. The van der Waals surface area contributed by atoms with E-state index in [4.69, 9.17) is 4.43 Å². The van der Waals surface area contributed by atoms with Crippen LogP contribution in [-0.2, 0) is 4.43 Å². The minimum absolute atomic E-state index is 0.172. The van der Waals surface area contributed by atoms with Crippen molar-refractivity contribution in [1.82, 2.24) is 0 Å². The fraction of sp³-hybridized carbons (Fsp3) is 0.448. The van der Waals surface area contributed by atoms with Crippen LogP contribution in [0.4, 0.5) is 0 Å². The Balaban J connectivity index is 2.35. The number of benzene rings is 2. The van der Waals surface area contributed by atoms with E-state index in [1.54, 1.807) is 6.08 Å². The molecular formula is C29H42O4Si. The zero-order valence-electron chi connectivity index (χ0n) is 20.9. The zero-order chi connectivity index (χ0) is 25.2. The van der Waals surface area contributed by atoms with E-state index >= 15 is 0 Å². The molecule has 2 rings (SSSR count). The van der Waals surface area contributed by atoms with Crippen LogP contribution in [0.3, 0.4) is 0 Å². The van der Waals surface area contributed by atoms with Gasteiger partial charge in [0.2, 0.25) is 0 Å². The lowest BCUT2D eigenvalue weighted by Gasteiger charge is -2.45. The van der Waals surface area contributed by atoms with E-state index in [0.29, 0.717) is 19.3 Å². The van der Waals surface area contributed by atoms with Crippen molar-refractivity contribution < 1.29 is 19.7 Å². The maximum absolute atomic E-state index is 10.8. The second-order valence-corrected chi connectivity index (χ2v) is 14.4. The van der Waals surface area contributed by atoms with Crippen LogP contribution in [0.5, 0.6) is 0 Å². The lowest BCUT2D eigenvalue weighted by Crippen LogP contribution is -2.67. The van der Waals surface area contributed by atoms with Gasteiger partial charge >= 0.3 is 0 Å². The molecule has 2 aromatic carbocycles. The number of aliphatic hydroxyl groups excluding tert-OH is 3. The molecule has 0 bridgehead atoms. The van der Waals surface area contributed by atoms with Gasteiger partial charge in [0.15, 0.2) is 0 Å². The van der Waals surface area contributed by atoms with Gasteiger partial charge in [0.1, 0.15) is 0 Å². The van der Waals surface area contributed by atoms with Gasteiger partial charge in [-0.2, -0.15) is 0 Å². The molecule has 0 aliphatic rings. The highest BCUT2D eigenvalue weighted by atomic mass is 28.4. The highest BCUT2D eigenvalue weighted by molar-refractivity contribution is 6.99. The van der Waals surface area contributed by atoms with E-state index in [1.807, 2.05) is 18.2 Å². The average molecular weight is 483 g/mol. The molecule has 0 fully saturated rings. The van der Waals surface area contributed by atoms with Gasteiger partial charge in [-0.25, -0.2) is 0 Å². The highest BCUT2D eigenvalue weighted by Crippen LogP contribution is 2.38. The fourth-order valence-electron chi connectivity index (χ4n) is 4.73. The Kier molecular flexibility index (Phi) is 10.9. The molecule has 0 spiro atoms. The molecule has 0 amide bonds. The third kappa shape index (κ3) is 7.49. The van der Waals surface area contributed by atoms with Crippen molar-refractivity contribution in [3.63, 3.8) is 0 Å². The van der Waals surface area contributed by atoms with E-state index < -0.39 is 26.6 Å². The Morgan fingerprint density at radius 2 is 1.18 bits per heavy atom. The average Bonchev–Trinajstić information content (AvgIpc) is 2.77. The van der Waals surface area contributed by atoms with E-state index in [-0.39, 0.29) is 24.0 Å². The van der Waals surface area contributed by atoms with Crippen molar-refractivity contribution in [2.75, 3.05) is 0 Å². The van der Waals surface area contributed by atoms with Crippen molar-refractivity contribution in [1.29, 1.82) is 0 Å². The van der Waals surface area contributed by atoms with Crippen LogP contribution in [0, 0.1) is 0 Å². The van der Waals surface area contributed by atoms with Crippen LogP contribution in [0.25, 0.3) is 0 Å². The summed E-state index contributed by atoms with van der Waals surface area (Å²) in [7, 11) is -2.77. The summed E-state index contributed by atoms with van der Waals surface area (Å²) in [5.41, 5.74) is 0. The molecule has 34 heavy (non-hydrogen) atoms. The van der Waals surface area contributed by atoms with Crippen LogP contribution in [0.15, 0.2) is 86.0 Å². The van der Waals surface area contributed by atoms with Gasteiger partial charge in [0.25, 0.3) is 8.32 Å². The lowest BCUT2D eigenvalue weighted by atomic mass is 9.99. The summed E-state index contributed by atoms with van der Waals surface area (Å²) in [5.74, 6) is 0. The summed E-state index contributed by atoms with van der Waals surface area (Å²) in [4.78, 5) is 0. The molecule has 0 heterocycles. The molecule has 2 aromatic rings. The van der Waals surface area contributed by atoms with Crippen molar-refractivity contribution in [3.8, 4) is 0 Å². The molecular weight excluding hydrogens is 440 g/mol. The molecule has 3 N–H and O–H groups in total. The van der Waals surface area contributed by atoms with Crippen molar-refractivity contribution in [2.45, 2.75) is 82.3 Å². The SMILES string of the molecule is C=CC[C@H](O)C[C@H](O)C[C@H](O)C[C@H](CC=C)O[Si](c1ccccc1)(c1ccccc1)C(C)(C)C. The third-order valence-electron chi connectivity index (χ3n) is 6.25. The maximum atomic E-state index is 10.8. The summed E-state index contributed by atoms with van der Waals surface area (Å²) in [6.45, 7) is 14.2. The van der Waals surface area contributed by atoms with Gasteiger partial charge in [-0.15, -0.1) is 13.2 Å². The van der Waals surface area contributed by atoms with Gasteiger partial charge in [-0.05, 0) is 47.5 Å². The van der Waals surface area contributed by atoms with Gasteiger partial charge in [-0.3, -0.25) is 0 Å². The summed E-state index contributed by atoms with van der Waals surface area (Å²) in [6.07, 6.45) is 2.80. The molecule has 0 unspecified atom stereocenters. The highest BCUT2D eigenvalue weighted by Gasteiger charge is 2.51. The standard InChI is InChI=1S/C29H42O4Si/c1-6-14-23(30)20-24(31)21-25(32)22-26(15-7-2)33-34(29(3,4)5,27-16-10-8-11-17-27)28-18-12-9-13-19-28/h6-13,16-19,23-26,30-32H,1-2,14-15,20-22H2,3-5H3/t23-,24-,25-,26-/m0/s1. The molecule has 5 heteroatoms. The summed E-state index contributed by atoms with van der Waals surface area (Å²) >= 11 is 0. The third-order valence-corrected chi connectivity index (χ3v) is 11.3. The Morgan fingerprint density at radius 3 is 1.62 bits per heavy atom. The topological polar surface area (TPSA) is 69.9 Å². The Labute approximate surface area is 206 Å². The first-order valence-corrected chi connectivity index (χ1v) is 14.1. The van der Waals surface area contributed by atoms with Gasteiger partial charge in [0.05, 0.1) is 24.4 Å². The Hall–Kier alpha value is -2.02. The summed E-state index contributed by atoms with van der Waals surface area (Å²) < 4.78 is 7.15. The number of hydrogen-bond acceptors (Lipinski definition) is 4. The molecule has 0 aliphatic heterocycles. The van der Waals surface area contributed by atoms with Crippen molar-refractivity contribution >= 4 is 18.7 Å². The first kappa shape index (κ1) is 28.2. The van der Waals surface area contributed by atoms with Crippen LogP contribution in [0.2, 0.25) is 5.04 Å². The molecule has 0 aliphatic carbocycles. The fourth-order valence-corrected chi connectivity index (χ4v) is 9.44. The number of hydrogen-bond donors (Lipinski definition) is 3. The van der Waals surface area contributed by atoms with Gasteiger partial charge in [-0.1, -0.05) is 93.6 Å². The zero-order valence-corrected chi connectivity index (χ0v) is 21.9. The first-order valence-electron chi connectivity index (χ1n) is 12.2. The Bertz CT molecular complexity index is 823. The van der Waals surface area contributed by atoms with Crippen LogP contribution >= 0.6 is 0 Å². The second kappa shape index (κ2) is 13.2. The van der Waals surface area contributed by atoms with Gasteiger partial charge < -0.3 is 19.7 Å². The molecule has 0 saturated carbocycles. The number of aliphatic hydroxyl groups is 3. The quantitative estimate of drug-likeness (QED) is 0.277. The largest absolute Gasteiger partial charge is 0.404 e. The maximum Gasteiger partial charge on any atom is 0.261 e. The van der Waals surface area contributed by atoms with Crippen LogP contribution < -0.4 is 10.4 Å². The normalized spacial score (nSPS) is 15.8. The summed E-state index contributed by atoms with van der Waals surface area (Å²) in [5, 5.41) is 33.4. The molecule has 0 aromatic heterocycles. The molecule has 186 valence electrons. The van der Waals surface area contributed by atoms with Crippen LogP contribution in [-0.4, -0.2) is 48.1 Å². The molecule has 0 saturated heterocycles.